The third kappa shape index (κ3) is 5.31. The first-order chi connectivity index (χ1) is 15.5. The van der Waals surface area contributed by atoms with Gasteiger partial charge in [0.05, 0.1) is 23.8 Å². The van der Waals surface area contributed by atoms with E-state index >= 15 is 0 Å². The maximum Gasteiger partial charge on any atom is 0.331 e. The van der Waals surface area contributed by atoms with Crippen LogP contribution < -0.4 is 0 Å². The van der Waals surface area contributed by atoms with E-state index in [1.807, 2.05) is 36.5 Å². The second kappa shape index (κ2) is 9.90. The largest absolute Gasteiger partial charge is 0.458 e. The van der Waals surface area contributed by atoms with E-state index in [0.717, 1.165) is 11.3 Å². The topological polar surface area (TPSA) is 90.7 Å². The second-order valence-corrected chi connectivity index (χ2v) is 9.08. The maximum atomic E-state index is 12.6. The van der Waals surface area contributed by atoms with Crippen molar-refractivity contribution in [3.05, 3.63) is 84.2 Å². The zero-order valence-corrected chi connectivity index (χ0v) is 18.1. The van der Waals surface area contributed by atoms with Crippen molar-refractivity contribution in [2.24, 2.45) is 0 Å². The maximum absolute atomic E-state index is 12.6. The molecule has 1 fully saturated rings. The van der Waals surface area contributed by atoms with E-state index in [0.29, 0.717) is 31.9 Å². The molecule has 0 unspecified atom stereocenters. The number of carbonyl (C=O) groups excluding carboxylic acids is 1. The molecule has 9 heteroatoms. The van der Waals surface area contributed by atoms with Gasteiger partial charge in [0.25, 0.3) is 0 Å². The Morgan fingerprint density at radius 2 is 1.78 bits per heavy atom. The minimum atomic E-state index is -3.53. The van der Waals surface area contributed by atoms with Gasteiger partial charge in [0.2, 0.25) is 10.0 Å². The van der Waals surface area contributed by atoms with Crippen LogP contribution in [0.15, 0.2) is 78.0 Å². The molecule has 0 saturated carbocycles. The molecule has 1 aliphatic rings. The summed E-state index contributed by atoms with van der Waals surface area (Å²) in [4.78, 5) is 12.3. The molecule has 166 valence electrons. The number of morpholine rings is 1. The molecule has 1 saturated heterocycles. The number of esters is 1. The van der Waals surface area contributed by atoms with Gasteiger partial charge in [-0.1, -0.05) is 24.3 Å². The van der Waals surface area contributed by atoms with Crippen LogP contribution in [0.1, 0.15) is 11.1 Å². The highest BCUT2D eigenvalue weighted by Crippen LogP contribution is 2.18. The molecule has 2 aromatic carbocycles. The highest BCUT2D eigenvalue weighted by atomic mass is 32.2. The van der Waals surface area contributed by atoms with Gasteiger partial charge in [-0.25, -0.2) is 17.9 Å². The number of aromatic nitrogens is 2. The summed E-state index contributed by atoms with van der Waals surface area (Å²) in [6.45, 7) is 1.65. The third-order valence-corrected chi connectivity index (χ3v) is 6.90. The Bertz CT molecular complexity index is 1170. The Morgan fingerprint density at radius 3 is 2.44 bits per heavy atom. The summed E-state index contributed by atoms with van der Waals surface area (Å²) < 4.78 is 38.9. The lowest BCUT2D eigenvalue weighted by Gasteiger charge is -2.26. The van der Waals surface area contributed by atoms with Crippen molar-refractivity contribution < 1.29 is 22.7 Å². The average molecular weight is 454 g/mol. The lowest BCUT2D eigenvalue weighted by Crippen LogP contribution is -2.40. The molecule has 4 rings (SSSR count). The van der Waals surface area contributed by atoms with Crippen LogP contribution in [0.4, 0.5) is 0 Å². The molecule has 0 spiro atoms. The quantitative estimate of drug-likeness (QED) is 0.404. The SMILES string of the molecule is O=C(/C=C/c1ccc(S(=O)(=O)N2CCOCC2)cc1)OCc1ccc(-n2cccn2)cc1. The van der Waals surface area contributed by atoms with Crippen molar-refractivity contribution in [2.45, 2.75) is 11.5 Å². The Labute approximate surface area is 186 Å². The molecule has 0 N–H and O–H groups in total. The molecular weight excluding hydrogens is 430 g/mol. The van der Waals surface area contributed by atoms with Crippen LogP contribution in [0.3, 0.4) is 0 Å². The number of ether oxygens (including phenoxy) is 2. The molecule has 0 aliphatic carbocycles. The molecule has 0 bridgehead atoms. The Hall–Kier alpha value is -3.27. The van der Waals surface area contributed by atoms with E-state index in [1.54, 1.807) is 29.1 Å². The fraction of sp³-hybridized carbons (Fsp3) is 0.217. The van der Waals surface area contributed by atoms with Crippen LogP contribution in [0.25, 0.3) is 11.8 Å². The van der Waals surface area contributed by atoms with Crippen LogP contribution in [0.2, 0.25) is 0 Å². The number of hydrogen-bond donors (Lipinski definition) is 0. The van der Waals surface area contributed by atoms with E-state index in [4.69, 9.17) is 9.47 Å². The summed E-state index contributed by atoms with van der Waals surface area (Å²) in [7, 11) is -3.53. The molecule has 0 radical (unpaired) electrons. The van der Waals surface area contributed by atoms with E-state index in [9.17, 15) is 13.2 Å². The fourth-order valence-electron chi connectivity index (χ4n) is 3.22. The molecule has 1 aromatic heterocycles. The minimum Gasteiger partial charge on any atom is -0.458 e. The minimum absolute atomic E-state index is 0.152. The molecule has 0 atom stereocenters. The lowest BCUT2D eigenvalue weighted by molar-refractivity contribution is -0.138. The normalized spacial score (nSPS) is 15.1. The Kier molecular flexibility index (Phi) is 6.79. The first-order valence-corrected chi connectivity index (χ1v) is 11.6. The van der Waals surface area contributed by atoms with Gasteiger partial charge in [0.15, 0.2) is 0 Å². The fourth-order valence-corrected chi connectivity index (χ4v) is 4.63. The van der Waals surface area contributed by atoms with Crippen LogP contribution >= 0.6 is 0 Å². The van der Waals surface area contributed by atoms with Crippen LogP contribution in [-0.4, -0.2) is 54.8 Å². The molecular formula is C23H23N3O5S. The summed E-state index contributed by atoms with van der Waals surface area (Å²) in [6, 6.07) is 15.8. The Morgan fingerprint density at radius 1 is 1.06 bits per heavy atom. The molecule has 1 aliphatic heterocycles. The van der Waals surface area contributed by atoms with Crippen molar-refractivity contribution in [2.75, 3.05) is 26.3 Å². The monoisotopic (exact) mass is 453 g/mol. The van der Waals surface area contributed by atoms with Gasteiger partial charge in [-0.05, 0) is 47.5 Å². The molecule has 32 heavy (non-hydrogen) atoms. The van der Waals surface area contributed by atoms with Crippen LogP contribution in [0, 0.1) is 0 Å². The van der Waals surface area contributed by atoms with E-state index in [-0.39, 0.29) is 11.5 Å². The van der Waals surface area contributed by atoms with Crippen molar-refractivity contribution >= 4 is 22.1 Å². The van der Waals surface area contributed by atoms with E-state index in [2.05, 4.69) is 5.10 Å². The third-order valence-electron chi connectivity index (χ3n) is 4.99. The smallest absolute Gasteiger partial charge is 0.331 e. The first-order valence-electron chi connectivity index (χ1n) is 10.1. The molecule has 0 amide bonds. The zero-order chi connectivity index (χ0) is 22.4. The summed E-state index contributed by atoms with van der Waals surface area (Å²) in [6.07, 6.45) is 6.47. The summed E-state index contributed by atoms with van der Waals surface area (Å²) in [5.74, 6) is -0.480. The second-order valence-electron chi connectivity index (χ2n) is 7.14. The van der Waals surface area contributed by atoms with E-state index < -0.39 is 16.0 Å². The van der Waals surface area contributed by atoms with Crippen molar-refractivity contribution in [3.63, 3.8) is 0 Å². The van der Waals surface area contributed by atoms with Gasteiger partial charge in [0, 0.05) is 31.6 Å². The summed E-state index contributed by atoms with van der Waals surface area (Å²) >= 11 is 0. The number of rotatable bonds is 7. The zero-order valence-electron chi connectivity index (χ0n) is 17.3. The van der Waals surface area contributed by atoms with Crippen LogP contribution in [-0.2, 0) is 30.9 Å². The Balaban J connectivity index is 1.30. The number of hydrogen-bond acceptors (Lipinski definition) is 6. The lowest BCUT2D eigenvalue weighted by atomic mass is 10.2. The number of benzene rings is 2. The number of nitrogens with zero attached hydrogens (tertiary/aromatic N) is 3. The standard InChI is InChI=1S/C23H23N3O5S/c27-23(31-18-20-2-7-21(8-3-20)26-13-1-12-24-26)11-6-19-4-9-22(10-5-19)32(28,29)25-14-16-30-17-15-25/h1-13H,14-18H2/b11-6+. The van der Waals surface area contributed by atoms with Gasteiger partial charge in [0.1, 0.15) is 6.61 Å². The highest BCUT2D eigenvalue weighted by molar-refractivity contribution is 7.89. The van der Waals surface area contributed by atoms with Gasteiger partial charge in [-0.2, -0.15) is 9.40 Å². The van der Waals surface area contributed by atoms with Crippen LogP contribution in [0.5, 0.6) is 0 Å². The summed E-state index contributed by atoms with van der Waals surface area (Å²) in [5.41, 5.74) is 2.48. The number of carbonyl (C=O) groups is 1. The van der Waals surface area contributed by atoms with Gasteiger partial charge < -0.3 is 9.47 Å². The molecule has 8 nitrogen and oxygen atoms in total. The predicted octanol–water partition coefficient (Wildman–Crippen LogP) is 2.65. The molecule has 3 aromatic rings. The number of sulfonamides is 1. The van der Waals surface area contributed by atoms with Gasteiger partial charge in [-0.15, -0.1) is 0 Å². The van der Waals surface area contributed by atoms with Crippen molar-refractivity contribution in [1.29, 1.82) is 0 Å². The van der Waals surface area contributed by atoms with Crippen molar-refractivity contribution in [3.8, 4) is 5.69 Å². The summed E-state index contributed by atoms with van der Waals surface area (Å²) in [5, 5.41) is 4.17. The van der Waals surface area contributed by atoms with E-state index in [1.165, 1.54) is 22.5 Å². The first kappa shape index (κ1) is 21.9. The predicted molar refractivity (Wildman–Crippen MR) is 118 cm³/mol. The van der Waals surface area contributed by atoms with Crippen molar-refractivity contribution in [1.82, 2.24) is 14.1 Å². The molecule has 2 heterocycles. The van der Waals surface area contributed by atoms with Gasteiger partial charge >= 0.3 is 5.97 Å². The highest BCUT2D eigenvalue weighted by Gasteiger charge is 2.25. The average Bonchev–Trinajstić information content (AvgIpc) is 3.38. The van der Waals surface area contributed by atoms with Gasteiger partial charge in [-0.3, -0.25) is 0 Å².